The lowest BCUT2D eigenvalue weighted by Gasteiger charge is -2.24. The second-order valence-corrected chi connectivity index (χ2v) is 5.99. The van der Waals surface area contributed by atoms with E-state index in [1.807, 2.05) is 30.1 Å². The lowest BCUT2D eigenvalue weighted by atomic mass is 10.2. The Morgan fingerprint density at radius 2 is 2.30 bits per heavy atom. The maximum atomic E-state index is 9.44. The molecular formula is C16H24N6O. The fourth-order valence-electron chi connectivity index (χ4n) is 2.97. The fraction of sp³-hybridized carbons (Fsp3) is 0.562. The molecule has 1 atom stereocenters. The minimum Gasteiger partial charge on any atom is -0.394 e. The minimum atomic E-state index is 0.177. The predicted molar refractivity (Wildman–Crippen MR) is 89.6 cm³/mol. The van der Waals surface area contributed by atoms with Gasteiger partial charge in [-0.3, -0.25) is 4.68 Å². The van der Waals surface area contributed by atoms with Crippen LogP contribution in [0.4, 0.5) is 11.6 Å². The van der Waals surface area contributed by atoms with Crippen LogP contribution in [-0.2, 0) is 6.54 Å². The SMILES string of the molecule is Cc1cnn(CCCNc2cc(N3CCC[C@@H]3CO)ncn2)c1. The van der Waals surface area contributed by atoms with Crippen molar-refractivity contribution in [1.29, 1.82) is 0 Å². The highest BCUT2D eigenvalue weighted by Gasteiger charge is 2.25. The molecule has 0 aromatic carbocycles. The van der Waals surface area contributed by atoms with Gasteiger partial charge in [0, 0.05) is 31.9 Å². The second-order valence-electron chi connectivity index (χ2n) is 5.99. The van der Waals surface area contributed by atoms with Crippen LogP contribution in [0.1, 0.15) is 24.8 Å². The van der Waals surface area contributed by atoms with E-state index in [0.29, 0.717) is 0 Å². The van der Waals surface area contributed by atoms with Crippen LogP contribution in [-0.4, -0.2) is 50.6 Å². The summed E-state index contributed by atoms with van der Waals surface area (Å²) in [4.78, 5) is 10.8. The molecule has 2 aromatic heterocycles. The highest BCUT2D eigenvalue weighted by Crippen LogP contribution is 2.24. The van der Waals surface area contributed by atoms with Gasteiger partial charge in [0.25, 0.3) is 0 Å². The van der Waals surface area contributed by atoms with Gasteiger partial charge in [-0.05, 0) is 31.7 Å². The van der Waals surface area contributed by atoms with Crippen molar-refractivity contribution < 1.29 is 5.11 Å². The molecule has 0 aliphatic carbocycles. The Labute approximate surface area is 136 Å². The van der Waals surface area contributed by atoms with Gasteiger partial charge in [0.1, 0.15) is 18.0 Å². The monoisotopic (exact) mass is 316 g/mol. The van der Waals surface area contributed by atoms with Gasteiger partial charge in [0.05, 0.1) is 18.8 Å². The summed E-state index contributed by atoms with van der Waals surface area (Å²) in [5.41, 5.74) is 1.18. The number of hydrogen-bond acceptors (Lipinski definition) is 6. The summed E-state index contributed by atoms with van der Waals surface area (Å²) in [6.45, 7) is 4.88. The van der Waals surface area contributed by atoms with Crippen LogP contribution < -0.4 is 10.2 Å². The maximum absolute atomic E-state index is 9.44. The van der Waals surface area contributed by atoms with Gasteiger partial charge in [-0.25, -0.2) is 9.97 Å². The molecule has 2 aromatic rings. The highest BCUT2D eigenvalue weighted by molar-refractivity contribution is 5.49. The smallest absolute Gasteiger partial charge is 0.134 e. The molecule has 1 aliphatic rings. The predicted octanol–water partition coefficient (Wildman–Crippen LogP) is 1.44. The summed E-state index contributed by atoms with van der Waals surface area (Å²) >= 11 is 0. The molecule has 0 unspecified atom stereocenters. The van der Waals surface area contributed by atoms with Crippen LogP contribution in [0.15, 0.2) is 24.8 Å². The first kappa shape index (κ1) is 15.7. The number of nitrogens with zero attached hydrogens (tertiary/aromatic N) is 5. The minimum absolute atomic E-state index is 0.177. The summed E-state index contributed by atoms with van der Waals surface area (Å²) in [6, 6.07) is 2.15. The van der Waals surface area contributed by atoms with Crippen LogP contribution in [0.2, 0.25) is 0 Å². The standard InChI is InChI=1S/C16H24N6O/c1-13-9-20-21(10-13)6-3-5-17-15-8-16(19-12-18-15)22-7-2-4-14(22)11-23/h8-10,12,14,23H,2-7,11H2,1H3,(H,17,18,19)/t14-/m1/s1. The number of aryl methyl sites for hydroxylation is 2. The molecule has 0 bridgehead atoms. The van der Waals surface area contributed by atoms with Gasteiger partial charge in [-0.15, -0.1) is 0 Å². The van der Waals surface area contributed by atoms with Gasteiger partial charge in [-0.1, -0.05) is 0 Å². The van der Waals surface area contributed by atoms with E-state index in [9.17, 15) is 5.11 Å². The van der Waals surface area contributed by atoms with E-state index in [2.05, 4.69) is 25.3 Å². The number of aliphatic hydroxyl groups is 1. The van der Waals surface area contributed by atoms with Crippen molar-refractivity contribution in [3.63, 3.8) is 0 Å². The van der Waals surface area contributed by atoms with Gasteiger partial charge in [-0.2, -0.15) is 5.10 Å². The summed E-state index contributed by atoms with van der Waals surface area (Å²) in [6.07, 6.45) is 8.60. The molecular weight excluding hydrogens is 292 g/mol. The molecule has 7 nitrogen and oxygen atoms in total. The Hall–Kier alpha value is -2.15. The molecule has 0 amide bonds. The Balaban J connectivity index is 1.51. The molecule has 1 saturated heterocycles. The molecule has 3 heterocycles. The number of nitrogens with one attached hydrogen (secondary N) is 1. The highest BCUT2D eigenvalue weighted by atomic mass is 16.3. The molecule has 3 rings (SSSR count). The van der Waals surface area contributed by atoms with E-state index in [1.54, 1.807) is 6.33 Å². The third-order valence-corrected chi connectivity index (χ3v) is 4.17. The molecule has 1 aliphatic heterocycles. The van der Waals surface area contributed by atoms with Gasteiger partial charge < -0.3 is 15.3 Å². The molecule has 124 valence electrons. The van der Waals surface area contributed by atoms with Gasteiger partial charge >= 0.3 is 0 Å². The first-order valence-corrected chi connectivity index (χ1v) is 8.19. The molecule has 0 saturated carbocycles. The van der Waals surface area contributed by atoms with Crippen LogP contribution in [0, 0.1) is 6.92 Å². The van der Waals surface area contributed by atoms with Crippen molar-refractivity contribution in [2.75, 3.05) is 29.9 Å². The van der Waals surface area contributed by atoms with Crippen molar-refractivity contribution >= 4 is 11.6 Å². The van der Waals surface area contributed by atoms with Crippen molar-refractivity contribution in [2.24, 2.45) is 0 Å². The molecule has 0 spiro atoms. The maximum Gasteiger partial charge on any atom is 0.134 e. The third-order valence-electron chi connectivity index (χ3n) is 4.17. The first-order chi connectivity index (χ1) is 11.3. The summed E-state index contributed by atoms with van der Waals surface area (Å²) < 4.78 is 1.96. The van der Waals surface area contributed by atoms with Gasteiger partial charge in [0.15, 0.2) is 0 Å². The Morgan fingerprint density at radius 1 is 1.39 bits per heavy atom. The molecule has 1 fully saturated rings. The normalized spacial score (nSPS) is 17.7. The molecule has 23 heavy (non-hydrogen) atoms. The van der Waals surface area contributed by atoms with E-state index in [4.69, 9.17) is 0 Å². The second kappa shape index (κ2) is 7.41. The molecule has 7 heteroatoms. The lowest BCUT2D eigenvalue weighted by molar-refractivity contribution is 0.266. The van der Waals surface area contributed by atoms with Crippen LogP contribution in [0.25, 0.3) is 0 Å². The van der Waals surface area contributed by atoms with Crippen molar-refractivity contribution in [3.05, 3.63) is 30.4 Å². The number of anilines is 2. The number of aromatic nitrogens is 4. The van der Waals surface area contributed by atoms with Gasteiger partial charge in [0.2, 0.25) is 0 Å². The van der Waals surface area contributed by atoms with E-state index in [-0.39, 0.29) is 12.6 Å². The number of rotatable bonds is 7. The van der Waals surface area contributed by atoms with E-state index in [0.717, 1.165) is 50.5 Å². The summed E-state index contributed by atoms with van der Waals surface area (Å²) in [7, 11) is 0. The molecule has 2 N–H and O–H groups in total. The summed E-state index contributed by atoms with van der Waals surface area (Å²) in [5, 5.41) is 17.1. The average molecular weight is 316 g/mol. The number of hydrogen-bond donors (Lipinski definition) is 2. The van der Waals surface area contributed by atoms with Crippen molar-refractivity contribution in [1.82, 2.24) is 19.7 Å². The van der Waals surface area contributed by atoms with Crippen LogP contribution in [0.5, 0.6) is 0 Å². The average Bonchev–Trinajstić information content (AvgIpc) is 3.20. The van der Waals surface area contributed by atoms with Crippen LogP contribution in [0.3, 0.4) is 0 Å². The van der Waals surface area contributed by atoms with Crippen molar-refractivity contribution in [2.45, 2.75) is 38.8 Å². The lowest BCUT2D eigenvalue weighted by Crippen LogP contribution is -2.32. The zero-order chi connectivity index (χ0) is 16.1. The Morgan fingerprint density at radius 3 is 3.09 bits per heavy atom. The third kappa shape index (κ3) is 3.98. The largest absolute Gasteiger partial charge is 0.394 e. The first-order valence-electron chi connectivity index (χ1n) is 8.19. The Bertz CT molecular complexity index is 629. The zero-order valence-corrected chi connectivity index (χ0v) is 13.5. The Kier molecular flexibility index (Phi) is 5.07. The van der Waals surface area contributed by atoms with Crippen LogP contribution >= 0.6 is 0 Å². The zero-order valence-electron chi connectivity index (χ0n) is 13.5. The van der Waals surface area contributed by atoms with E-state index < -0.39 is 0 Å². The van der Waals surface area contributed by atoms with E-state index >= 15 is 0 Å². The topological polar surface area (TPSA) is 79.1 Å². The summed E-state index contributed by atoms with van der Waals surface area (Å²) in [5.74, 6) is 1.72. The fourth-order valence-corrected chi connectivity index (χ4v) is 2.97. The van der Waals surface area contributed by atoms with Crippen molar-refractivity contribution in [3.8, 4) is 0 Å². The molecule has 0 radical (unpaired) electrons. The quantitative estimate of drug-likeness (QED) is 0.753. The van der Waals surface area contributed by atoms with E-state index in [1.165, 1.54) is 5.56 Å². The number of aliphatic hydroxyl groups excluding tert-OH is 1.